The molecule has 0 saturated heterocycles. The Balaban J connectivity index is 2.03. The second-order valence-electron chi connectivity index (χ2n) is 3.66. The van der Waals surface area contributed by atoms with E-state index in [4.69, 9.17) is 0 Å². The molecule has 5 nitrogen and oxygen atoms in total. The van der Waals surface area contributed by atoms with Gasteiger partial charge in [-0.25, -0.2) is 4.98 Å². The van der Waals surface area contributed by atoms with Crippen molar-refractivity contribution in [2.45, 2.75) is 6.92 Å². The fourth-order valence-corrected chi connectivity index (χ4v) is 1.45. The average molecular weight is 242 g/mol. The molecule has 0 fully saturated rings. The molecule has 18 heavy (non-hydrogen) atoms. The molecule has 2 aromatic heterocycles. The maximum atomic E-state index is 11.8. The summed E-state index contributed by atoms with van der Waals surface area (Å²) in [6.45, 7) is 2.81. The molecule has 92 valence electrons. The number of aromatic nitrogens is 2. The van der Waals surface area contributed by atoms with Gasteiger partial charge in [-0.05, 0) is 31.2 Å². The zero-order valence-corrected chi connectivity index (χ0v) is 10.1. The van der Waals surface area contributed by atoms with Gasteiger partial charge in [-0.2, -0.15) is 0 Å². The summed E-state index contributed by atoms with van der Waals surface area (Å²) >= 11 is 0. The van der Waals surface area contributed by atoms with Gasteiger partial charge in [0.05, 0.1) is 17.4 Å². The summed E-state index contributed by atoms with van der Waals surface area (Å²) < 4.78 is 0. The number of hydrogen-bond acceptors (Lipinski definition) is 4. The molecule has 0 aliphatic heterocycles. The number of nitrogens with one attached hydrogen (secondary N) is 2. The van der Waals surface area contributed by atoms with Crippen LogP contribution in [0.1, 0.15) is 17.3 Å². The summed E-state index contributed by atoms with van der Waals surface area (Å²) in [5.41, 5.74) is 1.18. The minimum Gasteiger partial charge on any atom is -0.370 e. The monoisotopic (exact) mass is 242 g/mol. The van der Waals surface area contributed by atoms with Crippen LogP contribution in [0.15, 0.2) is 42.9 Å². The Bertz CT molecular complexity index is 510. The third-order valence-corrected chi connectivity index (χ3v) is 2.30. The summed E-state index contributed by atoms with van der Waals surface area (Å²) in [5.74, 6) is 0.595. The van der Waals surface area contributed by atoms with Gasteiger partial charge in [0.2, 0.25) is 0 Å². The van der Waals surface area contributed by atoms with Crippen molar-refractivity contribution in [1.29, 1.82) is 0 Å². The van der Waals surface area contributed by atoms with Gasteiger partial charge in [0.1, 0.15) is 5.82 Å². The van der Waals surface area contributed by atoms with Crippen LogP contribution in [0.4, 0.5) is 11.5 Å². The summed E-state index contributed by atoms with van der Waals surface area (Å²) in [6, 6.07) is 7.06. The van der Waals surface area contributed by atoms with Crippen molar-refractivity contribution in [3.8, 4) is 0 Å². The lowest BCUT2D eigenvalue weighted by molar-refractivity contribution is 0.102. The summed E-state index contributed by atoms with van der Waals surface area (Å²) in [6.07, 6.45) is 4.77. The van der Waals surface area contributed by atoms with E-state index < -0.39 is 0 Å². The van der Waals surface area contributed by atoms with Crippen molar-refractivity contribution in [1.82, 2.24) is 9.97 Å². The highest BCUT2D eigenvalue weighted by Gasteiger charge is 2.05. The predicted molar refractivity (Wildman–Crippen MR) is 70.6 cm³/mol. The van der Waals surface area contributed by atoms with E-state index in [9.17, 15) is 4.79 Å². The number of carbonyl (C=O) groups excluding carboxylic acids is 1. The molecule has 2 rings (SSSR count). The zero-order chi connectivity index (χ0) is 12.8. The summed E-state index contributed by atoms with van der Waals surface area (Å²) in [7, 11) is 0. The van der Waals surface area contributed by atoms with Gasteiger partial charge in [-0.1, -0.05) is 0 Å². The van der Waals surface area contributed by atoms with Crippen LogP contribution in [0.2, 0.25) is 0 Å². The van der Waals surface area contributed by atoms with Gasteiger partial charge in [0, 0.05) is 18.9 Å². The highest BCUT2D eigenvalue weighted by Crippen LogP contribution is 2.10. The van der Waals surface area contributed by atoms with Crippen LogP contribution in [-0.4, -0.2) is 22.4 Å². The van der Waals surface area contributed by atoms with Crippen LogP contribution in [0.5, 0.6) is 0 Å². The van der Waals surface area contributed by atoms with Crippen LogP contribution in [0, 0.1) is 0 Å². The van der Waals surface area contributed by atoms with Gasteiger partial charge in [0.15, 0.2) is 0 Å². The Morgan fingerprint density at radius 3 is 2.78 bits per heavy atom. The van der Waals surface area contributed by atoms with Crippen LogP contribution in [-0.2, 0) is 0 Å². The topological polar surface area (TPSA) is 66.9 Å². The highest BCUT2D eigenvalue weighted by atomic mass is 16.1. The molecule has 0 aliphatic rings. The number of nitrogens with zero attached hydrogens (tertiary/aromatic N) is 2. The summed E-state index contributed by atoms with van der Waals surface area (Å²) in [5, 5.41) is 5.84. The molecule has 0 aromatic carbocycles. The molecule has 0 spiro atoms. The maximum absolute atomic E-state index is 11.8. The van der Waals surface area contributed by atoms with E-state index in [1.165, 1.54) is 6.20 Å². The molecule has 0 unspecified atom stereocenters. The van der Waals surface area contributed by atoms with E-state index in [0.29, 0.717) is 11.3 Å². The molecular formula is C13H14N4O. The second kappa shape index (κ2) is 5.77. The fraction of sp³-hybridized carbons (Fsp3) is 0.154. The second-order valence-corrected chi connectivity index (χ2v) is 3.66. The van der Waals surface area contributed by atoms with Crippen LogP contribution in [0.25, 0.3) is 0 Å². The standard InChI is InChI=1S/C13H14N4O/c1-2-15-12-6-5-11(9-16-12)17-13(18)10-4-3-7-14-8-10/h3-9H,2H2,1H3,(H,15,16)(H,17,18). The number of carbonyl (C=O) groups is 1. The largest absolute Gasteiger partial charge is 0.370 e. The van der Waals surface area contributed by atoms with Gasteiger partial charge in [-0.3, -0.25) is 9.78 Å². The van der Waals surface area contributed by atoms with Gasteiger partial charge < -0.3 is 10.6 Å². The first-order valence-electron chi connectivity index (χ1n) is 5.71. The van der Waals surface area contributed by atoms with E-state index in [-0.39, 0.29) is 5.91 Å². The third-order valence-electron chi connectivity index (χ3n) is 2.30. The number of pyridine rings is 2. The Labute approximate surface area is 105 Å². The molecule has 0 radical (unpaired) electrons. The molecule has 0 bridgehead atoms. The van der Waals surface area contributed by atoms with Gasteiger partial charge in [0.25, 0.3) is 5.91 Å². The molecule has 1 amide bonds. The molecule has 2 heterocycles. The molecular weight excluding hydrogens is 228 g/mol. The summed E-state index contributed by atoms with van der Waals surface area (Å²) in [4.78, 5) is 19.9. The highest BCUT2D eigenvalue weighted by molar-refractivity contribution is 6.03. The number of anilines is 2. The Morgan fingerprint density at radius 2 is 2.17 bits per heavy atom. The number of rotatable bonds is 4. The molecule has 0 aliphatic carbocycles. The number of hydrogen-bond donors (Lipinski definition) is 2. The van der Waals surface area contributed by atoms with Gasteiger partial charge in [-0.15, -0.1) is 0 Å². The zero-order valence-electron chi connectivity index (χ0n) is 10.1. The predicted octanol–water partition coefficient (Wildman–Crippen LogP) is 2.16. The minimum absolute atomic E-state index is 0.193. The third kappa shape index (κ3) is 3.04. The van der Waals surface area contributed by atoms with Crippen LogP contribution < -0.4 is 10.6 Å². The molecule has 2 aromatic rings. The van der Waals surface area contributed by atoms with E-state index >= 15 is 0 Å². The first-order chi connectivity index (χ1) is 8.79. The smallest absolute Gasteiger partial charge is 0.257 e. The maximum Gasteiger partial charge on any atom is 0.257 e. The van der Waals surface area contributed by atoms with Crippen molar-refractivity contribution in [2.75, 3.05) is 17.2 Å². The van der Waals surface area contributed by atoms with Crippen LogP contribution >= 0.6 is 0 Å². The molecule has 2 N–H and O–H groups in total. The molecule has 5 heteroatoms. The Hall–Kier alpha value is -2.43. The van der Waals surface area contributed by atoms with Gasteiger partial charge >= 0.3 is 0 Å². The van der Waals surface area contributed by atoms with Crippen LogP contribution in [0.3, 0.4) is 0 Å². The van der Waals surface area contributed by atoms with E-state index in [1.54, 1.807) is 30.6 Å². The lowest BCUT2D eigenvalue weighted by atomic mass is 10.2. The normalized spacial score (nSPS) is 9.83. The van der Waals surface area contributed by atoms with Crippen molar-refractivity contribution in [2.24, 2.45) is 0 Å². The average Bonchev–Trinajstić information content (AvgIpc) is 2.42. The Morgan fingerprint density at radius 1 is 1.28 bits per heavy atom. The van der Waals surface area contributed by atoms with E-state index in [1.807, 2.05) is 13.0 Å². The van der Waals surface area contributed by atoms with Crippen molar-refractivity contribution >= 4 is 17.4 Å². The SMILES string of the molecule is CCNc1ccc(NC(=O)c2cccnc2)cn1. The Kier molecular flexibility index (Phi) is 3.86. The fourth-order valence-electron chi connectivity index (χ4n) is 1.45. The van der Waals surface area contributed by atoms with Crippen molar-refractivity contribution < 1.29 is 4.79 Å². The number of amides is 1. The first-order valence-corrected chi connectivity index (χ1v) is 5.71. The van der Waals surface area contributed by atoms with Crippen molar-refractivity contribution in [3.63, 3.8) is 0 Å². The van der Waals surface area contributed by atoms with E-state index in [0.717, 1.165) is 12.4 Å². The molecule has 0 atom stereocenters. The first kappa shape index (κ1) is 12.0. The lowest BCUT2D eigenvalue weighted by Crippen LogP contribution is -2.12. The van der Waals surface area contributed by atoms with Crippen molar-refractivity contribution in [3.05, 3.63) is 48.4 Å². The minimum atomic E-state index is -0.193. The molecule has 0 saturated carbocycles. The quantitative estimate of drug-likeness (QED) is 0.862. The van der Waals surface area contributed by atoms with E-state index in [2.05, 4.69) is 20.6 Å². The lowest BCUT2D eigenvalue weighted by Gasteiger charge is -2.06.